The topological polar surface area (TPSA) is 49.8 Å². The molecule has 0 aliphatic carbocycles. The summed E-state index contributed by atoms with van der Waals surface area (Å²) in [4.78, 5) is 13.1. The first-order chi connectivity index (χ1) is 7.08. The lowest BCUT2D eigenvalue weighted by molar-refractivity contribution is -0.141. The van der Waals surface area contributed by atoms with Crippen molar-refractivity contribution >= 4 is 5.97 Å². The van der Waals surface area contributed by atoms with Gasteiger partial charge in [-0.1, -0.05) is 6.42 Å². The van der Waals surface area contributed by atoms with Crippen LogP contribution >= 0.6 is 0 Å². The number of ether oxygens (including phenoxy) is 1. The van der Waals surface area contributed by atoms with E-state index < -0.39 is 5.97 Å². The van der Waals surface area contributed by atoms with Crippen LogP contribution in [0.15, 0.2) is 0 Å². The van der Waals surface area contributed by atoms with Gasteiger partial charge in [0.15, 0.2) is 0 Å². The first-order valence-electron chi connectivity index (χ1n) is 5.54. The first kappa shape index (κ1) is 12.5. The predicted molar refractivity (Wildman–Crippen MR) is 58.0 cm³/mol. The number of aliphatic carboxylic acids is 1. The van der Waals surface area contributed by atoms with Crippen LogP contribution in [0.4, 0.5) is 0 Å². The third-order valence-corrected chi connectivity index (χ3v) is 3.11. The van der Waals surface area contributed by atoms with E-state index in [0.29, 0.717) is 6.61 Å². The number of nitrogens with zero attached hydrogens (tertiary/aromatic N) is 1. The monoisotopic (exact) mass is 215 g/mol. The van der Waals surface area contributed by atoms with Crippen LogP contribution < -0.4 is 0 Å². The Morgan fingerprint density at radius 2 is 2.00 bits per heavy atom. The molecule has 1 rings (SSSR count). The number of hydrogen-bond acceptors (Lipinski definition) is 3. The summed E-state index contributed by atoms with van der Waals surface area (Å²) in [5, 5.41) is 8.92. The van der Waals surface area contributed by atoms with Crippen molar-refractivity contribution < 1.29 is 14.6 Å². The maximum absolute atomic E-state index is 10.9. The summed E-state index contributed by atoms with van der Waals surface area (Å²) in [6.45, 7) is 4.45. The minimum Gasteiger partial charge on any atom is -0.481 e. The molecule has 0 radical (unpaired) electrons. The molecular weight excluding hydrogens is 194 g/mol. The van der Waals surface area contributed by atoms with Crippen LogP contribution in [0.25, 0.3) is 0 Å². The van der Waals surface area contributed by atoms with E-state index in [4.69, 9.17) is 9.84 Å². The Morgan fingerprint density at radius 3 is 2.47 bits per heavy atom. The fraction of sp³-hybridized carbons (Fsp3) is 0.909. The van der Waals surface area contributed by atoms with Crippen molar-refractivity contribution in [1.29, 1.82) is 0 Å². The highest BCUT2D eigenvalue weighted by atomic mass is 16.5. The predicted octanol–water partition coefficient (Wildman–Crippen LogP) is 1.35. The van der Waals surface area contributed by atoms with Crippen LogP contribution in [0.3, 0.4) is 0 Å². The van der Waals surface area contributed by atoms with Crippen LogP contribution in [-0.4, -0.2) is 48.3 Å². The Hall–Kier alpha value is -0.610. The molecule has 0 aromatic rings. The van der Waals surface area contributed by atoms with Gasteiger partial charge in [-0.25, -0.2) is 0 Å². The quantitative estimate of drug-likeness (QED) is 0.752. The zero-order chi connectivity index (χ0) is 11.3. The van der Waals surface area contributed by atoms with E-state index in [1.165, 1.54) is 19.3 Å². The molecule has 0 bridgehead atoms. The SMILES string of the molecule is COCC(C)(CC(=O)O)N1CCCCC1. The van der Waals surface area contributed by atoms with Gasteiger partial charge in [0.2, 0.25) is 0 Å². The summed E-state index contributed by atoms with van der Waals surface area (Å²) in [5.41, 5.74) is -0.346. The molecule has 1 saturated heterocycles. The largest absolute Gasteiger partial charge is 0.481 e. The van der Waals surface area contributed by atoms with Crippen molar-refractivity contribution in [1.82, 2.24) is 4.90 Å². The van der Waals surface area contributed by atoms with Gasteiger partial charge in [-0.05, 0) is 32.9 Å². The molecule has 0 saturated carbocycles. The second-order valence-electron chi connectivity index (χ2n) is 4.55. The molecule has 0 aromatic heterocycles. The molecule has 88 valence electrons. The van der Waals surface area contributed by atoms with Crippen LogP contribution in [0, 0.1) is 0 Å². The average Bonchev–Trinajstić information content (AvgIpc) is 2.18. The highest BCUT2D eigenvalue weighted by molar-refractivity contribution is 5.68. The summed E-state index contributed by atoms with van der Waals surface area (Å²) in [6.07, 6.45) is 3.74. The summed E-state index contributed by atoms with van der Waals surface area (Å²) in [6, 6.07) is 0. The van der Waals surface area contributed by atoms with Crippen LogP contribution in [-0.2, 0) is 9.53 Å². The maximum atomic E-state index is 10.9. The van der Waals surface area contributed by atoms with Crippen molar-refractivity contribution in [2.75, 3.05) is 26.8 Å². The number of hydrogen-bond donors (Lipinski definition) is 1. The molecule has 0 amide bonds. The minimum absolute atomic E-state index is 0.154. The van der Waals surface area contributed by atoms with Crippen LogP contribution in [0.5, 0.6) is 0 Å². The van der Waals surface area contributed by atoms with E-state index in [1.54, 1.807) is 7.11 Å². The van der Waals surface area contributed by atoms with Gasteiger partial charge in [0, 0.05) is 7.11 Å². The van der Waals surface area contributed by atoms with Gasteiger partial charge in [0.25, 0.3) is 0 Å². The maximum Gasteiger partial charge on any atom is 0.305 e. The van der Waals surface area contributed by atoms with E-state index in [2.05, 4.69) is 4.90 Å². The van der Waals surface area contributed by atoms with Crippen LogP contribution in [0.2, 0.25) is 0 Å². The highest BCUT2D eigenvalue weighted by Crippen LogP contribution is 2.24. The van der Waals surface area contributed by atoms with Gasteiger partial charge in [-0.3, -0.25) is 9.69 Å². The molecule has 1 aliphatic heterocycles. The zero-order valence-electron chi connectivity index (χ0n) is 9.66. The Labute approximate surface area is 91.2 Å². The molecule has 1 fully saturated rings. The third-order valence-electron chi connectivity index (χ3n) is 3.11. The summed E-state index contributed by atoms with van der Waals surface area (Å²) in [7, 11) is 1.63. The number of carbonyl (C=O) groups is 1. The Balaban J connectivity index is 2.64. The molecule has 0 aromatic carbocycles. The van der Waals surface area contributed by atoms with Gasteiger partial charge in [0.1, 0.15) is 0 Å². The minimum atomic E-state index is -0.750. The number of carboxylic acid groups (broad SMARTS) is 1. The Bertz CT molecular complexity index is 214. The molecule has 1 unspecified atom stereocenters. The van der Waals surface area contributed by atoms with Crippen molar-refractivity contribution in [3.8, 4) is 0 Å². The summed E-state index contributed by atoms with van der Waals surface area (Å²) in [5.74, 6) is -0.750. The lowest BCUT2D eigenvalue weighted by Gasteiger charge is -2.42. The van der Waals surface area contributed by atoms with Gasteiger partial charge in [-0.2, -0.15) is 0 Å². The summed E-state index contributed by atoms with van der Waals surface area (Å²) < 4.78 is 5.16. The lowest BCUT2D eigenvalue weighted by Crippen LogP contribution is -2.53. The molecular formula is C11H21NO3. The van der Waals surface area contributed by atoms with E-state index in [1.807, 2.05) is 6.92 Å². The lowest BCUT2D eigenvalue weighted by atomic mass is 9.93. The Kier molecular flexibility index (Phi) is 4.54. The molecule has 4 nitrogen and oxygen atoms in total. The first-order valence-corrected chi connectivity index (χ1v) is 5.54. The standard InChI is InChI=1S/C11H21NO3/c1-11(9-15-2,8-10(13)14)12-6-4-3-5-7-12/h3-9H2,1-2H3,(H,13,14). The molecule has 1 heterocycles. The zero-order valence-corrected chi connectivity index (χ0v) is 9.66. The molecule has 1 N–H and O–H groups in total. The second kappa shape index (κ2) is 5.47. The number of carboxylic acids is 1. The number of likely N-dealkylation sites (tertiary alicyclic amines) is 1. The summed E-state index contributed by atoms with van der Waals surface area (Å²) >= 11 is 0. The van der Waals surface area contributed by atoms with Crippen LogP contribution in [0.1, 0.15) is 32.6 Å². The fourth-order valence-electron chi connectivity index (χ4n) is 2.32. The average molecular weight is 215 g/mol. The Morgan fingerprint density at radius 1 is 1.40 bits per heavy atom. The van der Waals surface area contributed by atoms with E-state index >= 15 is 0 Å². The van der Waals surface area contributed by atoms with E-state index in [-0.39, 0.29) is 12.0 Å². The van der Waals surface area contributed by atoms with Gasteiger partial charge in [-0.15, -0.1) is 0 Å². The van der Waals surface area contributed by atoms with Gasteiger partial charge >= 0.3 is 5.97 Å². The molecule has 15 heavy (non-hydrogen) atoms. The van der Waals surface area contributed by atoms with Gasteiger partial charge < -0.3 is 9.84 Å². The third kappa shape index (κ3) is 3.47. The van der Waals surface area contributed by atoms with E-state index in [0.717, 1.165) is 13.1 Å². The second-order valence-corrected chi connectivity index (χ2v) is 4.55. The van der Waals surface area contributed by atoms with Crippen molar-refractivity contribution in [2.45, 2.75) is 38.1 Å². The van der Waals surface area contributed by atoms with Crippen molar-refractivity contribution in [3.05, 3.63) is 0 Å². The molecule has 1 atom stereocenters. The number of methoxy groups -OCH3 is 1. The molecule has 4 heteroatoms. The van der Waals surface area contributed by atoms with Crippen molar-refractivity contribution in [3.63, 3.8) is 0 Å². The van der Waals surface area contributed by atoms with Crippen molar-refractivity contribution in [2.24, 2.45) is 0 Å². The number of piperidine rings is 1. The normalized spacial score (nSPS) is 22.3. The fourth-order valence-corrected chi connectivity index (χ4v) is 2.32. The number of rotatable bonds is 5. The van der Waals surface area contributed by atoms with Gasteiger partial charge in [0.05, 0.1) is 18.6 Å². The van der Waals surface area contributed by atoms with E-state index in [9.17, 15) is 4.79 Å². The molecule has 0 spiro atoms. The molecule has 1 aliphatic rings. The highest BCUT2D eigenvalue weighted by Gasteiger charge is 2.34. The smallest absolute Gasteiger partial charge is 0.305 e.